The second-order valence-corrected chi connectivity index (χ2v) is 3.64. The zero-order valence-corrected chi connectivity index (χ0v) is 10.5. The van der Waals surface area contributed by atoms with Crippen LogP contribution < -0.4 is 20.5 Å². The van der Waals surface area contributed by atoms with E-state index in [4.69, 9.17) is 15.2 Å². The van der Waals surface area contributed by atoms with Gasteiger partial charge >= 0.3 is 0 Å². The molecule has 6 heteroatoms. The van der Waals surface area contributed by atoms with E-state index >= 15 is 0 Å². The number of aromatic hydroxyl groups is 1. The molecule has 0 saturated carbocycles. The smallest absolute Gasteiger partial charge is 0.233 e. The number of phenolic OH excluding ortho intramolecular Hbond substituents is 1. The zero-order valence-electron chi connectivity index (χ0n) is 10.5. The van der Waals surface area contributed by atoms with Crippen molar-refractivity contribution < 1.29 is 19.4 Å². The molecule has 1 amide bonds. The molecular formula is C12H18N2O4. The Balaban J connectivity index is 2.76. The van der Waals surface area contributed by atoms with Crippen molar-refractivity contribution >= 4 is 5.91 Å². The summed E-state index contributed by atoms with van der Waals surface area (Å²) in [5.41, 5.74) is 6.02. The van der Waals surface area contributed by atoms with Gasteiger partial charge in [-0.05, 0) is 18.1 Å². The van der Waals surface area contributed by atoms with Gasteiger partial charge in [0.2, 0.25) is 5.91 Å². The molecule has 0 spiro atoms. The summed E-state index contributed by atoms with van der Waals surface area (Å²) in [6.45, 7) is 0.413. The third-order valence-corrected chi connectivity index (χ3v) is 2.48. The van der Waals surface area contributed by atoms with Gasteiger partial charge in [-0.1, -0.05) is 0 Å². The molecule has 18 heavy (non-hydrogen) atoms. The van der Waals surface area contributed by atoms with E-state index in [-0.39, 0.29) is 18.2 Å². The molecule has 4 N–H and O–H groups in total. The predicted molar refractivity (Wildman–Crippen MR) is 67.0 cm³/mol. The summed E-state index contributed by atoms with van der Waals surface area (Å²) in [6.07, 6.45) is 0.561. The van der Waals surface area contributed by atoms with Crippen molar-refractivity contribution in [1.29, 1.82) is 0 Å². The van der Waals surface area contributed by atoms with Gasteiger partial charge in [0.25, 0.3) is 0 Å². The van der Waals surface area contributed by atoms with Crippen LogP contribution in [0.25, 0.3) is 0 Å². The fourth-order valence-corrected chi connectivity index (χ4v) is 1.55. The number of hydrogen-bond acceptors (Lipinski definition) is 5. The highest BCUT2D eigenvalue weighted by Gasteiger charge is 2.10. The largest absolute Gasteiger partial charge is 0.504 e. The van der Waals surface area contributed by atoms with Gasteiger partial charge in [0, 0.05) is 12.6 Å². The second-order valence-electron chi connectivity index (χ2n) is 3.64. The summed E-state index contributed by atoms with van der Waals surface area (Å²) in [4.78, 5) is 11.0. The van der Waals surface area contributed by atoms with E-state index in [0.29, 0.717) is 24.5 Å². The van der Waals surface area contributed by atoms with Crippen molar-refractivity contribution in [2.45, 2.75) is 6.42 Å². The topological polar surface area (TPSA) is 93.8 Å². The van der Waals surface area contributed by atoms with E-state index < -0.39 is 0 Å². The zero-order chi connectivity index (χ0) is 13.5. The average Bonchev–Trinajstić information content (AvgIpc) is 2.39. The number of nitrogens with one attached hydrogen (secondary N) is 1. The second kappa shape index (κ2) is 6.70. The lowest BCUT2D eigenvalue weighted by atomic mass is 10.1. The maximum Gasteiger partial charge on any atom is 0.233 e. The molecule has 0 aliphatic carbocycles. The van der Waals surface area contributed by atoms with Gasteiger partial charge in [-0.3, -0.25) is 4.79 Å². The van der Waals surface area contributed by atoms with Crippen molar-refractivity contribution in [3.63, 3.8) is 0 Å². The summed E-state index contributed by atoms with van der Waals surface area (Å²) < 4.78 is 10.2. The quantitative estimate of drug-likeness (QED) is 0.665. The van der Waals surface area contributed by atoms with E-state index in [2.05, 4.69) is 5.32 Å². The van der Waals surface area contributed by atoms with Crippen LogP contribution in [0.1, 0.15) is 5.56 Å². The van der Waals surface area contributed by atoms with Gasteiger partial charge in [-0.2, -0.15) is 0 Å². The number of methoxy groups -OCH3 is 2. The molecule has 0 unspecified atom stereocenters. The minimum atomic E-state index is -0.209. The molecule has 0 aliphatic heterocycles. The van der Waals surface area contributed by atoms with Crippen LogP contribution in [0.3, 0.4) is 0 Å². The average molecular weight is 254 g/mol. The standard InChI is InChI=1S/C12H18N2O4/c1-17-10-6-9(15)11(18-2)5-8(10)3-4-14-12(16)7-13/h5-6,15H,3-4,7,13H2,1-2H3,(H,14,16). The molecular weight excluding hydrogens is 236 g/mol. The molecule has 0 aromatic heterocycles. The molecule has 1 rings (SSSR count). The van der Waals surface area contributed by atoms with Crippen LogP contribution in [0.15, 0.2) is 12.1 Å². The third kappa shape index (κ3) is 3.53. The highest BCUT2D eigenvalue weighted by molar-refractivity contribution is 5.77. The van der Waals surface area contributed by atoms with E-state index in [1.807, 2.05) is 0 Å². The predicted octanol–water partition coefficient (Wildman–Crippen LogP) is 0.0268. The van der Waals surface area contributed by atoms with Crippen LogP contribution in [0.5, 0.6) is 17.2 Å². The Hall–Kier alpha value is -1.95. The summed E-state index contributed by atoms with van der Waals surface area (Å²) in [7, 11) is 2.99. The normalized spacial score (nSPS) is 9.94. The molecule has 0 bridgehead atoms. The fraction of sp³-hybridized carbons (Fsp3) is 0.417. The lowest BCUT2D eigenvalue weighted by Gasteiger charge is -2.12. The lowest BCUT2D eigenvalue weighted by Crippen LogP contribution is -2.31. The van der Waals surface area contributed by atoms with E-state index in [1.165, 1.54) is 20.3 Å². The first-order chi connectivity index (χ1) is 8.62. The Morgan fingerprint density at radius 1 is 1.33 bits per heavy atom. The molecule has 0 saturated heterocycles. The number of hydrogen-bond donors (Lipinski definition) is 3. The van der Waals surface area contributed by atoms with Crippen molar-refractivity contribution in [1.82, 2.24) is 5.32 Å². The minimum absolute atomic E-state index is 0.0177. The Bertz CT molecular complexity index is 421. The molecule has 0 aliphatic rings. The van der Waals surface area contributed by atoms with E-state index in [9.17, 15) is 9.90 Å². The molecule has 0 atom stereocenters. The Morgan fingerprint density at radius 3 is 2.56 bits per heavy atom. The number of benzene rings is 1. The lowest BCUT2D eigenvalue weighted by molar-refractivity contribution is -0.119. The van der Waals surface area contributed by atoms with Crippen molar-refractivity contribution in [3.05, 3.63) is 17.7 Å². The van der Waals surface area contributed by atoms with Crippen LogP contribution in [0, 0.1) is 0 Å². The summed E-state index contributed by atoms with van der Waals surface area (Å²) in [6, 6.07) is 3.17. The van der Waals surface area contributed by atoms with Gasteiger partial charge in [-0.25, -0.2) is 0 Å². The number of amides is 1. The van der Waals surface area contributed by atoms with Crippen LogP contribution in [-0.2, 0) is 11.2 Å². The fourth-order valence-electron chi connectivity index (χ4n) is 1.55. The molecule has 100 valence electrons. The summed E-state index contributed by atoms with van der Waals surface area (Å²) in [5, 5.41) is 12.3. The minimum Gasteiger partial charge on any atom is -0.504 e. The van der Waals surface area contributed by atoms with Crippen molar-refractivity contribution in [2.75, 3.05) is 27.3 Å². The van der Waals surface area contributed by atoms with Crippen LogP contribution in [0.4, 0.5) is 0 Å². The molecule has 1 aromatic rings. The maximum atomic E-state index is 11.0. The van der Waals surface area contributed by atoms with Gasteiger partial charge in [0.1, 0.15) is 5.75 Å². The Labute approximate surface area is 106 Å². The van der Waals surface area contributed by atoms with E-state index in [1.54, 1.807) is 6.07 Å². The van der Waals surface area contributed by atoms with Gasteiger partial charge in [0.15, 0.2) is 11.5 Å². The molecule has 1 aromatic carbocycles. The Morgan fingerprint density at radius 2 is 2.00 bits per heavy atom. The summed E-state index contributed by atoms with van der Waals surface area (Å²) in [5.74, 6) is 0.732. The number of nitrogens with two attached hydrogens (primary N) is 1. The highest BCUT2D eigenvalue weighted by atomic mass is 16.5. The van der Waals surface area contributed by atoms with Gasteiger partial charge in [0.05, 0.1) is 20.8 Å². The highest BCUT2D eigenvalue weighted by Crippen LogP contribution is 2.33. The number of phenols is 1. The molecule has 6 nitrogen and oxygen atoms in total. The number of rotatable bonds is 6. The maximum absolute atomic E-state index is 11.0. The van der Waals surface area contributed by atoms with Crippen LogP contribution >= 0.6 is 0 Å². The number of carbonyl (C=O) groups excluding carboxylic acids is 1. The summed E-state index contributed by atoms with van der Waals surface area (Å²) >= 11 is 0. The SMILES string of the molecule is COc1cc(CCNC(=O)CN)c(OC)cc1O. The first kappa shape index (κ1) is 14.1. The van der Waals surface area contributed by atoms with Crippen molar-refractivity contribution in [2.24, 2.45) is 5.73 Å². The van der Waals surface area contributed by atoms with Crippen LogP contribution in [-0.4, -0.2) is 38.3 Å². The number of ether oxygens (including phenoxy) is 2. The van der Waals surface area contributed by atoms with Gasteiger partial charge in [-0.15, -0.1) is 0 Å². The molecule has 0 fully saturated rings. The van der Waals surface area contributed by atoms with Gasteiger partial charge < -0.3 is 25.6 Å². The van der Waals surface area contributed by atoms with Crippen molar-refractivity contribution in [3.8, 4) is 17.2 Å². The molecule has 0 heterocycles. The van der Waals surface area contributed by atoms with E-state index in [0.717, 1.165) is 5.56 Å². The Kier molecular flexibility index (Phi) is 5.26. The van der Waals surface area contributed by atoms with Crippen LogP contribution in [0.2, 0.25) is 0 Å². The number of carbonyl (C=O) groups is 1. The first-order valence-electron chi connectivity index (χ1n) is 5.53. The third-order valence-electron chi connectivity index (χ3n) is 2.48. The molecule has 0 radical (unpaired) electrons. The monoisotopic (exact) mass is 254 g/mol. The first-order valence-corrected chi connectivity index (χ1v) is 5.53.